The molecule has 0 unspecified atom stereocenters. The van der Waals surface area contributed by atoms with Crippen molar-refractivity contribution < 1.29 is 17.7 Å². The zero-order chi connectivity index (χ0) is 16.2. The molecule has 23 heavy (non-hydrogen) atoms. The van der Waals surface area contributed by atoms with Gasteiger partial charge in [0.2, 0.25) is 0 Å². The third-order valence-electron chi connectivity index (χ3n) is 4.44. The van der Waals surface area contributed by atoms with Gasteiger partial charge < -0.3 is 9.84 Å². The van der Waals surface area contributed by atoms with E-state index in [1.54, 1.807) is 13.0 Å². The number of hydrogen-bond donors (Lipinski definition) is 1. The van der Waals surface area contributed by atoms with Crippen LogP contribution in [0.1, 0.15) is 46.9 Å². The third kappa shape index (κ3) is 2.71. The Morgan fingerprint density at radius 3 is 2.78 bits per heavy atom. The normalized spacial score (nSPS) is 23.3. The first-order valence-electron chi connectivity index (χ1n) is 7.71. The van der Waals surface area contributed by atoms with Crippen molar-refractivity contribution in [3.05, 3.63) is 23.0 Å². The lowest BCUT2D eigenvalue weighted by Gasteiger charge is -2.12. The number of amides is 1. The van der Waals surface area contributed by atoms with Crippen LogP contribution in [0.5, 0.6) is 0 Å². The van der Waals surface area contributed by atoms with E-state index in [1.807, 2.05) is 0 Å². The topological polar surface area (TPSA) is 102 Å². The monoisotopic (exact) mass is 335 g/mol. The second-order valence-corrected chi connectivity index (χ2v) is 8.62. The highest BCUT2D eigenvalue weighted by Crippen LogP contribution is 2.40. The minimum Gasteiger partial charge on any atom is -0.348 e. The van der Waals surface area contributed by atoms with Gasteiger partial charge in [-0.15, -0.1) is 0 Å². The summed E-state index contributed by atoms with van der Waals surface area (Å²) in [4.78, 5) is 17.1. The Morgan fingerprint density at radius 2 is 2.13 bits per heavy atom. The van der Waals surface area contributed by atoms with Crippen molar-refractivity contribution in [1.29, 1.82) is 0 Å². The van der Waals surface area contributed by atoms with Crippen molar-refractivity contribution in [2.24, 2.45) is 0 Å². The molecule has 1 aliphatic carbocycles. The Labute approximate surface area is 133 Å². The Bertz CT molecular complexity index is 899. The zero-order valence-corrected chi connectivity index (χ0v) is 13.5. The number of nitrogens with zero attached hydrogens (tertiary/aromatic N) is 2. The summed E-state index contributed by atoms with van der Waals surface area (Å²) in [6.07, 6.45) is 2.58. The second-order valence-electron chi connectivity index (χ2n) is 6.39. The molecular weight excluding hydrogens is 318 g/mol. The largest absolute Gasteiger partial charge is 0.348 e. The Morgan fingerprint density at radius 1 is 1.35 bits per heavy atom. The Kier molecular flexibility index (Phi) is 3.19. The van der Waals surface area contributed by atoms with Gasteiger partial charge in [-0.05, 0) is 32.3 Å². The van der Waals surface area contributed by atoms with E-state index in [4.69, 9.17) is 4.52 Å². The molecule has 2 aromatic rings. The van der Waals surface area contributed by atoms with Gasteiger partial charge in [0.25, 0.3) is 11.6 Å². The number of rotatable bonds is 3. The lowest BCUT2D eigenvalue weighted by atomic mass is 10.1. The molecule has 2 aromatic heterocycles. The highest BCUT2D eigenvalue weighted by molar-refractivity contribution is 7.91. The molecule has 8 heteroatoms. The maximum Gasteiger partial charge on any atom is 0.259 e. The number of carbonyl (C=O) groups is 1. The number of carbonyl (C=O) groups excluding carboxylic acids is 1. The number of nitrogens with one attached hydrogen (secondary N) is 1. The lowest BCUT2D eigenvalue weighted by molar-refractivity contribution is 0.0942. The molecule has 2 fully saturated rings. The van der Waals surface area contributed by atoms with Gasteiger partial charge in [-0.1, -0.05) is 5.16 Å². The van der Waals surface area contributed by atoms with Gasteiger partial charge in [0.15, 0.2) is 9.84 Å². The quantitative estimate of drug-likeness (QED) is 0.908. The van der Waals surface area contributed by atoms with E-state index < -0.39 is 9.84 Å². The van der Waals surface area contributed by atoms with Crippen LogP contribution in [0.25, 0.3) is 11.1 Å². The van der Waals surface area contributed by atoms with Gasteiger partial charge in [0.05, 0.1) is 28.1 Å². The van der Waals surface area contributed by atoms with E-state index in [1.165, 1.54) is 0 Å². The standard InChI is InChI=1S/C15H17N3O4S/c1-8-13-11(14(19)16-10-4-5-23(20,21)7-10)6-12(9-2-3-9)17-15(13)22-18-8/h6,9-10H,2-5,7H2,1H3,(H,16,19)/t10-/m0/s1. The maximum atomic E-state index is 12.7. The fourth-order valence-electron chi connectivity index (χ4n) is 3.05. The highest BCUT2D eigenvalue weighted by Gasteiger charge is 2.32. The summed E-state index contributed by atoms with van der Waals surface area (Å²) in [6, 6.07) is 1.46. The molecular formula is C15H17N3O4S. The molecule has 1 aliphatic heterocycles. The van der Waals surface area contributed by atoms with Crippen molar-refractivity contribution >= 4 is 26.8 Å². The smallest absolute Gasteiger partial charge is 0.259 e. The van der Waals surface area contributed by atoms with E-state index in [9.17, 15) is 13.2 Å². The van der Waals surface area contributed by atoms with Crippen LogP contribution >= 0.6 is 0 Å². The van der Waals surface area contributed by atoms with Crippen molar-refractivity contribution in [1.82, 2.24) is 15.5 Å². The average Bonchev–Trinajstić information content (AvgIpc) is 3.21. The van der Waals surface area contributed by atoms with Crippen LogP contribution in [0.15, 0.2) is 10.6 Å². The molecule has 0 bridgehead atoms. The highest BCUT2D eigenvalue weighted by atomic mass is 32.2. The minimum absolute atomic E-state index is 0.00503. The molecule has 1 amide bonds. The Balaban J connectivity index is 1.69. The van der Waals surface area contributed by atoms with Crippen LogP contribution in [-0.2, 0) is 9.84 Å². The molecule has 3 heterocycles. The minimum atomic E-state index is -3.03. The zero-order valence-electron chi connectivity index (χ0n) is 12.7. The van der Waals surface area contributed by atoms with E-state index in [0.717, 1.165) is 18.5 Å². The van der Waals surface area contributed by atoms with E-state index in [2.05, 4.69) is 15.5 Å². The maximum absolute atomic E-state index is 12.7. The lowest BCUT2D eigenvalue weighted by Crippen LogP contribution is -2.35. The van der Waals surface area contributed by atoms with E-state index in [0.29, 0.717) is 34.7 Å². The number of hydrogen-bond acceptors (Lipinski definition) is 6. The van der Waals surface area contributed by atoms with Crippen LogP contribution in [-0.4, -0.2) is 42.0 Å². The summed E-state index contributed by atoms with van der Waals surface area (Å²) >= 11 is 0. The predicted molar refractivity (Wildman–Crippen MR) is 83.0 cm³/mol. The van der Waals surface area contributed by atoms with Crippen LogP contribution in [0.3, 0.4) is 0 Å². The van der Waals surface area contributed by atoms with Gasteiger partial charge in [-0.3, -0.25) is 4.79 Å². The number of pyridine rings is 1. The number of fused-ring (bicyclic) bond motifs is 1. The molecule has 1 saturated heterocycles. The third-order valence-corrected chi connectivity index (χ3v) is 6.21. The Hall–Kier alpha value is -1.96. The molecule has 7 nitrogen and oxygen atoms in total. The summed E-state index contributed by atoms with van der Waals surface area (Å²) < 4.78 is 28.3. The summed E-state index contributed by atoms with van der Waals surface area (Å²) in [7, 11) is -3.03. The summed E-state index contributed by atoms with van der Waals surface area (Å²) in [5, 5.41) is 7.34. The predicted octanol–water partition coefficient (Wildman–Crippen LogP) is 1.33. The second kappa shape index (κ2) is 5.02. The number of aromatic nitrogens is 2. The SMILES string of the molecule is Cc1noc2nc(C3CC3)cc(C(=O)N[C@H]3CCS(=O)(=O)C3)c12. The van der Waals surface area contributed by atoms with Crippen LogP contribution in [0.4, 0.5) is 0 Å². The van der Waals surface area contributed by atoms with Crippen LogP contribution in [0.2, 0.25) is 0 Å². The summed E-state index contributed by atoms with van der Waals surface area (Å²) in [5.74, 6) is 0.227. The first-order chi connectivity index (χ1) is 10.9. The van der Waals surface area contributed by atoms with Crippen molar-refractivity contribution in [3.63, 3.8) is 0 Å². The molecule has 1 atom stereocenters. The van der Waals surface area contributed by atoms with Crippen LogP contribution in [0, 0.1) is 6.92 Å². The fraction of sp³-hybridized carbons (Fsp3) is 0.533. The summed E-state index contributed by atoms with van der Waals surface area (Å²) in [5.41, 5.74) is 2.30. The van der Waals surface area contributed by atoms with Crippen molar-refractivity contribution in [3.8, 4) is 0 Å². The fourth-order valence-corrected chi connectivity index (χ4v) is 4.73. The van der Waals surface area contributed by atoms with E-state index in [-0.39, 0.29) is 23.5 Å². The van der Waals surface area contributed by atoms with Gasteiger partial charge in [0.1, 0.15) is 0 Å². The molecule has 2 aliphatic rings. The van der Waals surface area contributed by atoms with Gasteiger partial charge in [0, 0.05) is 17.7 Å². The number of sulfone groups is 1. The number of aryl methyl sites for hydroxylation is 1. The first-order valence-corrected chi connectivity index (χ1v) is 9.53. The average molecular weight is 335 g/mol. The van der Waals surface area contributed by atoms with E-state index >= 15 is 0 Å². The van der Waals surface area contributed by atoms with Crippen molar-refractivity contribution in [2.75, 3.05) is 11.5 Å². The first kappa shape index (κ1) is 14.6. The van der Waals surface area contributed by atoms with Crippen molar-refractivity contribution in [2.45, 2.75) is 38.1 Å². The molecule has 1 N–H and O–H groups in total. The molecule has 1 saturated carbocycles. The molecule has 0 spiro atoms. The molecule has 0 radical (unpaired) electrons. The molecule has 0 aromatic carbocycles. The molecule has 4 rings (SSSR count). The van der Waals surface area contributed by atoms with Gasteiger partial charge in [-0.2, -0.15) is 0 Å². The van der Waals surface area contributed by atoms with Crippen LogP contribution < -0.4 is 5.32 Å². The summed E-state index contributed by atoms with van der Waals surface area (Å²) in [6.45, 7) is 1.76. The van der Waals surface area contributed by atoms with Gasteiger partial charge in [-0.25, -0.2) is 13.4 Å². The molecule has 122 valence electrons. The van der Waals surface area contributed by atoms with Gasteiger partial charge >= 0.3 is 0 Å².